The number of rotatable bonds is 3. The molecule has 0 saturated carbocycles. The molecule has 1 aliphatic rings. The lowest BCUT2D eigenvalue weighted by atomic mass is 10.0. The SMILES string of the molecule is CCC(NC(=O)N1CCCC(O)C1)c1c(C)nn(C)c1C. The number of aromatic nitrogens is 2. The average molecular weight is 294 g/mol. The molecule has 2 N–H and O–H groups in total. The highest BCUT2D eigenvalue weighted by molar-refractivity contribution is 5.75. The molecule has 6 nitrogen and oxygen atoms in total. The maximum Gasteiger partial charge on any atom is 0.317 e. The summed E-state index contributed by atoms with van der Waals surface area (Å²) in [4.78, 5) is 14.1. The van der Waals surface area contributed by atoms with Gasteiger partial charge in [-0.1, -0.05) is 6.92 Å². The summed E-state index contributed by atoms with van der Waals surface area (Å²) in [6.45, 7) is 7.19. The number of carbonyl (C=O) groups excluding carboxylic acids is 1. The van der Waals surface area contributed by atoms with Crippen molar-refractivity contribution in [1.29, 1.82) is 0 Å². The summed E-state index contributed by atoms with van der Waals surface area (Å²) < 4.78 is 1.85. The van der Waals surface area contributed by atoms with Gasteiger partial charge in [0, 0.05) is 31.4 Å². The van der Waals surface area contributed by atoms with E-state index in [0.29, 0.717) is 13.1 Å². The normalized spacial score (nSPS) is 20.4. The summed E-state index contributed by atoms with van der Waals surface area (Å²) in [7, 11) is 1.92. The molecule has 1 aromatic rings. The number of likely N-dealkylation sites (tertiary alicyclic amines) is 1. The second-order valence-electron chi connectivity index (χ2n) is 5.86. The molecule has 118 valence electrons. The fraction of sp³-hybridized carbons (Fsp3) is 0.733. The van der Waals surface area contributed by atoms with Gasteiger partial charge in [-0.25, -0.2) is 4.79 Å². The molecule has 1 saturated heterocycles. The van der Waals surface area contributed by atoms with E-state index >= 15 is 0 Å². The zero-order chi connectivity index (χ0) is 15.6. The van der Waals surface area contributed by atoms with Gasteiger partial charge in [0.25, 0.3) is 0 Å². The number of β-amino-alcohol motifs (C(OH)–C–C–N with tert-alkyl or cyclic N) is 1. The van der Waals surface area contributed by atoms with E-state index in [-0.39, 0.29) is 12.1 Å². The first-order valence-corrected chi connectivity index (χ1v) is 7.67. The van der Waals surface area contributed by atoms with E-state index in [1.165, 1.54) is 0 Å². The smallest absolute Gasteiger partial charge is 0.317 e. The second-order valence-corrected chi connectivity index (χ2v) is 5.86. The Bertz CT molecular complexity index is 512. The van der Waals surface area contributed by atoms with Crippen LogP contribution in [0.2, 0.25) is 0 Å². The molecular formula is C15H26N4O2. The Balaban J connectivity index is 2.10. The molecule has 0 radical (unpaired) electrons. The van der Waals surface area contributed by atoms with Crippen LogP contribution in [-0.2, 0) is 7.05 Å². The van der Waals surface area contributed by atoms with Crippen LogP contribution in [0.15, 0.2) is 0 Å². The quantitative estimate of drug-likeness (QED) is 0.890. The Hall–Kier alpha value is -1.56. The third-order valence-corrected chi connectivity index (χ3v) is 4.30. The largest absolute Gasteiger partial charge is 0.391 e. The second kappa shape index (κ2) is 6.47. The fourth-order valence-electron chi connectivity index (χ4n) is 3.05. The maximum absolute atomic E-state index is 12.4. The highest BCUT2D eigenvalue weighted by Crippen LogP contribution is 2.24. The number of urea groups is 1. The molecule has 2 heterocycles. The minimum absolute atomic E-state index is 0.0368. The Morgan fingerprint density at radius 1 is 1.52 bits per heavy atom. The molecule has 2 atom stereocenters. The Morgan fingerprint density at radius 3 is 2.76 bits per heavy atom. The minimum Gasteiger partial charge on any atom is -0.391 e. The van der Waals surface area contributed by atoms with E-state index in [1.807, 2.05) is 25.6 Å². The van der Waals surface area contributed by atoms with Crippen LogP contribution in [0.1, 0.15) is 49.2 Å². The number of hydrogen-bond donors (Lipinski definition) is 2. The molecule has 1 aromatic heterocycles. The van der Waals surface area contributed by atoms with Gasteiger partial charge in [0.15, 0.2) is 0 Å². The Kier molecular flexibility index (Phi) is 4.88. The molecule has 0 aromatic carbocycles. The first kappa shape index (κ1) is 15.8. The molecule has 0 aliphatic carbocycles. The van der Waals surface area contributed by atoms with Crippen molar-refractivity contribution < 1.29 is 9.90 Å². The van der Waals surface area contributed by atoms with E-state index in [1.54, 1.807) is 4.90 Å². The van der Waals surface area contributed by atoms with Crippen molar-refractivity contribution in [3.05, 3.63) is 17.0 Å². The van der Waals surface area contributed by atoms with Crippen molar-refractivity contribution in [2.45, 2.75) is 52.2 Å². The molecular weight excluding hydrogens is 268 g/mol. The number of nitrogens with one attached hydrogen (secondary N) is 1. The number of aliphatic hydroxyl groups is 1. The summed E-state index contributed by atoms with van der Waals surface area (Å²) in [5.41, 5.74) is 3.14. The number of amides is 2. The predicted molar refractivity (Wildman–Crippen MR) is 81.1 cm³/mol. The Morgan fingerprint density at radius 2 is 2.24 bits per heavy atom. The number of hydrogen-bond acceptors (Lipinski definition) is 3. The van der Waals surface area contributed by atoms with Crippen molar-refractivity contribution in [1.82, 2.24) is 20.0 Å². The molecule has 1 aliphatic heterocycles. The van der Waals surface area contributed by atoms with Crippen LogP contribution in [0.4, 0.5) is 4.79 Å². The number of piperidine rings is 1. The molecule has 1 fully saturated rings. The fourth-order valence-corrected chi connectivity index (χ4v) is 3.05. The third-order valence-electron chi connectivity index (χ3n) is 4.30. The van der Waals surface area contributed by atoms with Gasteiger partial charge >= 0.3 is 6.03 Å². The summed E-state index contributed by atoms with van der Waals surface area (Å²) in [5.74, 6) is 0. The van der Waals surface area contributed by atoms with Crippen molar-refractivity contribution in [2.24, 2.45) is 7.05 Å². The van der Waals surface area contributed by atoms with Gasteiger partial charge in [-0.2, -0.15) is 5.10 Å². The molecule has 6 heteroatoms. The van der Waals surface area contributed by atoms with Crippen LogP contribution < -0.4 is 5.32 Å². The number of carbonyl (C=O) groups is 1. The highest BCUT2D eigenvalue weighted by atomic mass is 16.3. The third kappa shape index (κ3) is 3.37. The van der Waals surface area contributed by atoms with Crippen LogP contribution in [0.5, 0.6) is 0 Å². The topological polar surface area (TPSA) is 70.4 Å². The van der Waals surface area contributed by atoms with E-state index in [4.69, 9.17) is 0 Å². The predicted octanol–water partition coefficient (Wildman–Crippen LogP) is 1.65. The van der Waals surface area contributed by atoms with Crippen molar-refractivity contribution in [3.63, 3.8) is 0 Å². The van der Waals surface area contributed by atoms with Crippen LogP contribution >= 0.6 is 0 Å². The van der Waals surface area contributed by atoms with E-state index in [0.717, 1.165) is 36.2 Å². The van der Waals surface area contributed by atoms with Crippen LogP contribution in [0.3, 0.4) is 0 Å². The lowest BCUT2D eigenvalue weighted by Crippen LogP contribution is -2.48. The monoisotopic (exact) mass is 294 g/mol. The number of nitrogens with zero attached hydrogens (tertiary/aromatic N) is 3. The summed E-state index contributed by atoms with van der Waals surface area (Å²) in [6.07, 6.45) is 2.06. The maximum atomic E-state index is 12.4. The average Bonchev–Trinajstić information content (AvgIpc) is 2.70. The zero-order valence-corrected chi connectivity index (χ0v) is 13.4. The molecule has 2 unspecified atom stereocenters. The lowest BCUT2D eigenvalue weighted by molar-refractivity contribution is 0.0832. The van der Waals surface area contributed by atoms with E-state index in [2.05, 4.69) is 17.3 Å². The molecule has 2 amide bonds. The lowest BCUT2D eigenvalue weighted by Gasteiger charge is -2.31. The van der Waals surface area contributed by atoms with Gasteiger partial charge in [0.1, 0.15) is 0 Å². The first-order valence-electron chi connectivity index (χ1n) is 7.67. The molecule has 0 spiro atoms. The van der Waals surface area contributed by atoms with Gasteiger partial charge in [0.05, 0.1) is 17.8 Å². The molecule has 0 bridgehead atoms. The summed E-state index contributed by atoms with van der Waals surface area (Å²) >= 11 is 0. The van der Waals surface area contributed by atoms with Crippen molar-refractivity contribution >= 4 is 6.03 Å². The first-order chi connectivity index (χ1) is 9.93. The van der Waals surface area contributed by atoms with Crippen LogP contribution in [0, 0.1) is 13.8 Å². The van der Waals surface area contributed by atoms with Gasteiger partial charge in [-0.3, -0.25) is 4.68 Å². The molecule has 21 heavy (non-hydrogen) atoms. The summed E-state index contributed by atoms with van der Waals surface area (Å²) in [6, 6.07) is -0.131. The van der Waals surface area contributed by atoms with Crippen LogP contribution in [-0.4, -0.2) is 45.0 Å². The van der Waals surface area contributed by atoms with Gasteiger partial charge in [-0.05, 0) is 33.1 Å². The number of aryl methyl sites for hydroxylation is 2. The van der Waals surface area contributed by atoms with Gasteiger partial charge in [0.2, 0.25) is 0 Å². The minimum atomic E-state index is -0.397. The summed E-state index contributed by atoms with van der Waals surface area (Å²) in [5, 5.41) is 17.2. The van der Waals surface area contributed by atoms with Gasteiger partial charge in [-0.15, -0.1) is 0 Å². The molecule has 2 rings (SSSR count). The van der Waals surface area contributed by atoms with Crippen molar-refractivity contribution in [2.75, 3.05) is 13.1 Å². The highest BCUT2D eigenvalue weighted by Gasteiger charge is 2.26. The van der Waals surface area contributed by atoms with Gasteiger partial charge < -0.3 is 15.3 Å². The number of aliphatic hydroxyl groups excluding tert-OH is 1. The van der Waals surface area contributed by atoms with Crippen molar-refractivity contribution in [3.8, 4) is 0 Å². The standard InChI is InChI=1S/C15H26N4O2/c1-5-13(14-10(2)17-18(4)11(14)3)16-15(21)19-8-6-7-12(20)9-19/h12-13,20H,5-9H2,1-4H3,(H,16,21). The zero-order valence-electron chi connectivity index (χ0n) is 13.4. The van der Waals surface area contributed by atoms with E-state index in [9.17, 15) is 9.90 Å². The Labute approximate surface area is 126 Å². The van der Waals surface area contributed by atoms with Crippen LogP contribution in [0.25, 0.3) is 0 Å². The van der Waals surface area contributed by atoms with E-state index < -0.39 is 6.10 Å².